The van der Waals surface area contributed by atoms with Crippen LogP contribution in [0.25, 0.3) is 33.2 Å². The summed E-state index contributed by atoms with van der Waals surface area (Å²) < 4.78 is 44.1. The number of carbonyl (C=O) groups is 6. The van der Waals surface area contributed by atoms with E-state index in [9.17, 15) is 42.7 Å². The van der Waals surface area contributed by atoms with Gasteiger partial charge in [0.05, 0.1) is 45.9 Å². The number of benzene rings is 2. The number of nitrogens with one attached hydrogen (secondary N) is 1. The number of likely N-dealkylation sites (tertiary alicyclic amines) is 1. The second-order valence-electron chi connectivity index (χ2n) is 30.6. The number of pyridine rings is 2. The average Bonchev–Trinajstić information content (AvgIpc) is 1.75. The zero-order chi connectivity index (χ0) is 70.1. The minimum absolute atomic E-state index is 0.0111. The number of carboxylic acids is 1. The fourth-order valence-corrected chi connectivity index (χ4v) is 16.3. The van der Waals surface area contributed by atoms with Gasteiger partial charge in [0.15, 0.2) is 0 Å². The van der Waals surface area contributed by atoms with Crippen molar-refractivity contribution in [3.63, 3.8) is 0 Å². The van der Waals surface area contributed by atoms with Gasteiger partial charge in [-0.1, -0.05) is 0 Å². The largest absolute Gasteiger partial charge is 0.480 e. The number of hydrogen-bond acceptors (Lipinski definition) is 11. The molecule has 2 N–H and O–H groups in total. The van der Waals surface area contributed by atoms with E-state index < -0.39 is 47.0 Å². The van der Waals surface area contributed by atoms with Crippen molar-refractivity contribution in [2.24, 2.45) is 11.8 Å². The van der Waals surface area contributed by atoms with E-state index in [-0.39, 0.29) is 77.8 Å². The third-order valence-electron chi connectivity index (χ3n) is 20.4. The number of hydrogen-bond donors (Lipinski definition) is 2. The Labute approximate surface area is 570 Å². The first-order chi connectivity index (χ1) is 45.9. The molecule has 0 spiro atoms. The van der Waals surface area contributed by atoms with Crippen LogP contribution in [0, 0.1) is 23.5 Å². The van der Waals surface area contributed by atoms with Crippen molar-refractivity contribution >= 4 is 57.7 Å². The summed E-state index contributed by atoms with van der Waals surface area (Å²) in [6.45, 7) is 30.0. The van der Waals surface area contributed by atoms with Crippen molar-refractivity contribution in [2.75, 3.05) is 26.2 Å². The molecule has 8 fully saturated rings. The lowest BCUT2D eigenvalue weighted by Crippen LogP contribution is -2.64. The molecule has 2 aromatic carbocycles. The Kier molecular flexibility index (Phi) is 21.9. The van der Waals surface area contributed by atoms with Crippen molar-refractivity contribution in [1.82, 2.24) is 48.9 Å². The van der Waals surface area contributed by atoms with Crippen LogP contribution in [0.2, 0.25) is 0 Å². The fraction of sp³-hybridized carbons (Fsp3) is 0.579. The Morgan fingerprint density at radius 1 is 0.536 bits per heavy atom. The first kappa shape index (κ1) is 71.8. The van der Waals surface area contributed by atoms with E-state index in [4.69, 9.17) is 9.47 Å². The number of rotatable bonds is 12. The highest BCUT2D eigenvalue weighted by molar-refractivity contribution is 6.00. The Hall–Kier alpha value is -7.94. The quantitative estimate of drug-likeness (QED) is 0.117. The summed E-state index contributed by atoms with van der Waals surface area (Å²) in [6, 6.07) is 11.8. The molecule has 2 aliphatic carbocycles. The third kappa shape index (κ3) is 15.7. The molecule has 21 heteroatoms. The topological polar surface area (TPSA) is 205 Å². The number of aliphatic carboxylic acids is 1. The number of carboxylic acid groups (broad SMARTS) is 1. The van der Waals surface area contributed by atoms with Crippen LogP contribution in [0.1, 0.15) is 218 Å². The minimum Gasteiger partial charge on any atom is -0.480 e. The Bertz CT molecular complexity index is 3800. The van der Waals surface area contributed by atoms with E-state index in [1.807, 2.05) is 115 Å². The van der Waals surface area contributed by atoms with E-state index in [0.29, 0.717) is 41.5 Å². The normalized spacial score (nSPS) is 21.4. The molecule has 2 saturated carbocycles. The summed E-state index contributed by atoms with van der Waals surface area (Å²) in [5.74, 6) is -1.25. The molecule has 0 unspecified atom stereocenters. The highest BCUT2D eigenvalue weighted by Crippen LogP contribution is 2.44. The first-order valence-corrected chi connectivity index (χ1v) is 35.3. The van der Waals surface area contributed by atoms with E-state index in [1.165, 1.54) is 34.7 Å². The van der Waals surface area contributed by atoms with Gasteiger partial charge in [0, 0.05) is 84.9 Å². The van der Waals surface area contributed by atoms with Crippen LogP contribution in [0.3, 0.4) is 0 Å². The molecule has 2 atom stereocenters. The molecule has 14 rings (SSSR count). The van der Waals surface area contributed by atoms with Crippen molar-refractivity contribution in [3.8, 4) is 11.4 Å². The van der Waals surface area contributed by atoms with Gasteiger partial charge in [-0.3, -0.25) is 34.2 Å². The fourth-order valence-electron chi connectivity index (χ4n) is 16.3. The maximum atomic E-state index is 14.7. The summed E-state index contributed by atoms with van der Waals surface area (Å²) in [4.78, 5) is 96.0. The van der Waals surface area contributed by atoms with E-state index in [2.05, 4.69) is 27.7 Å². The molecular formula is C76H102F2N10O9. The average molecular weight is 1340 g/mol. The van der Waals surface area contributed by atoms with Crippen molar-refractivity contribution in [2.45, 2.75) is 245 Å². The van der Waals surface area contributed by atoms with Crippen LogP contribution in [0.5, 0.6) is 0 Å². The van der Waals surface area contributed by atoms with Crippen LogP contribution in [-0.2, 0) is 19.1 Å². The molecule has 6 saturated heterocycles. The number of fused-ring (bicyclic) bond motifs is 8. The molecule has 4 aromatic heterocycles. The lowest BCUT2D eigenvalue weighted by molar-refractivity contribution is -0.152. The lowest BCUT2D eigenvalue weighted by Gasteiger charge is -2.51. The Morgan fingerprint density at radius 3 is 1.30 bits per heavy atom. The van der Waals surface area contributed by atoms with Crippen LogP contribution < -0.4 is 5.32 Å². The monoisotopic (exact) mass is 1340 g/mol. The molecule has 8 aliphatic rings. The predicted octanol–water partition coefficient (Wildman–Crippen LogP) is 14.4. The smallest absolute Gasteiger partial charge is 0.411 e. The molecular weight excluding hydrogens is 1230 g/mol. The number of amides is 5. The van der Waals surface area contributed by atoms with Crippen LogP contribution in [-0.4, -0.2) is 170 Å². The van der Waals surface area contributed by atoms with Gasteiger partial charge >= 0.3 is 18.2 Å². The highest BCUT2D eigenvalue weighted by atomic mass is 19.1. The first-order valence-electron chi connectivity index (χ1n) is 35.3. The van der Waals surface area contributed by atoms with Crippen LogP contribution in [0.4, 0.5) is 18.4 Å². The van der Waals surface area contributed by atoms with Gasteiger partial charge in [-0.05, 0) is 270 Å². The summed E-state index contributed by atoms with van der Waals surface area (Å²) in [5.41, 5.74) is 4.95. The maximum Gasteiger partial charge on any atom is 0.411 e. The van der Waals surface area contributed by atoms with Crippen molar-refractivity contribution in [1.29, 1.82) is 0 Å². The molecule has 97 heavy (non-hydrogen) atoms. The molecule has 0 radical (unpaired) electrons. The van der Waals surface area contributed by atoms with Crippen molar-refractivity contribution < 1.29 is 52.1 Å². The summed E-state index contributed by atoms with van der Waals surface area (Å²) in [5, 5.41) is 14.9. The molecule has 6 aromatic rings. The number of halogens is 2. The number of aromatic nitrogens is 4. The summed E-state index contributed by atoms with van der Waals surface area (Å²) >= 11 is 0. The Morgan fingerprint density at radius 2 is 0.918 bits per heavy atom. The number of carbonyl (C=O) groups excluding carboxylic acids is 5. The van der Waals surface area contributed by atoms with Crippen molar-refractivity contribution in [3.05, 3.63) is 120 Å². The number of nitrogens with zero attached hydrogens (tertiary/aromatic N) is 9. The van der Waals surface area contributed by atoms with Gasteiger partial charge in [0.25, 0.3) is 11.8 Å². The lowest BCUT2D eigenvalue weighted by atomic mass is 9.74. The van der Waals surface area contributed by atoms with Gasteiger partial charge in [-0.2, -0.15) is 0 Å². The van der Waals surface area contributed by atoms with E-state index >= 15 is 0 Å². The van der Waals surface area contributed by atoms with E-state index in [0.717, 1.165) is 118 Å². The number of piperidine rings is 6. The second-order valence-corrected chi connectivity index (χ2v) is 30.6. The second kappa shape index (κ2) is 29.6. The standard InChI is InChI=1S/C38H50FN5O4.C25H31FN4O.C13H21NO4/c1-23(2)43(24(3)4)35(45)30-20-27(39)10-13-32(30)42-22-31(29-14-17-40-21-33(29)42)25-15-18-41(19-16-25)36(46)34-26-8-11-28(12-9-26)44(34)37(47)48-38(5,6)7;1-16(2)30(17(3)4)25(31)21-13-19(26)5-6-23(21)29-15-22(18-7-10-27-11-8-18)20-9-12-28-14-24(20)29;1-13(2,3)18-12(17)14-9-6-4-8(5-7-9)10(14)11(15)16/h10,13-14,17,20-26,28,34H,8-9,11-12,15-16,18-19H2,1-7H3;5-6,9,12-18,27H,7-8,10-11H2,1-4H3;8-10H,4-7H2,1-3H3,(H,15,16)/t26?,28?,34-;;8?,9?,10-/m0.0/s1. The molecule has 5 amide bonds. The minimum atomic E-state index is -0.907. The zero-order valence-corrected chi connectivity index (χ0v) is 59.3. The highest BCUT2D eigenvalue weighted by Gasteiger charge is 2.51. The molecule has 524 valence electrons. The summed E-state index contributed by atoms with van der Waals surface area (Å²) in [6.07, 6.45) is 21.6. The third-order valence-corrected chi connectivity index (χ3v) is 20.4. The van der Waals surface area contributed by atoms with E-state index in [1.54, 1.807) is 60.0 Å². The number of ether oxygens (including phenoxy) is 2. The maximum absolute atomic E-state index is 14.7. The molecule has 10 heterocycles. The van der Waals surface area contributed by atoms with Crippen LogP contribution >= 0.6 is 0 Å². The van der Waals surface area contributed by atoms with Gasteiger partial charge in [0.2, 0.25) is 5.91 Å². The SMILES string of the molecule is CC(C)(C)OC(=O)N1C2CCC(CC2)[C@H]1C(=O)O.CC(C)N(C(=O)c1cc(F)ccc1-n1cc(C2CCN(C(=O)[C@@H]3C4CCC(CC4)N3C(=O)OC(C)(C)C)CC2)c2ccncc21)C(C)C.CC(C)N(C(=O)c1cc(F)ccc1-n1cc(C2CCNCC2)c2ccncc21)C(C)C. The van der Waals surface area contributed by atoms with Crippen LogP contribution in [0.15, 0.2) is 85.7 Å². The summed E-state index contributed by atoms with van der Waals surface area (Å²) in [7, 11) is 0. The predicted molar refractivity (Wildman–Crippen MR) is 371 cm³/mol. The Balaban J connectivity index is 0.000000177. The molecule has 6 aliphatic heterocycles. The van der Waals surface area contributed by atoms with Gasteiger partial charge in [-0.25, -0.2) is 23.2 Å². The molecule has 19 nitrogen and oxygen atoms in total. The van der Waals surface area contributed by atoms with Gasteiger partial charge in [-0.15, -0.1) is 0 Å². The zero-order valence-electron chi connectivity index (χ0n) is 59.3. The van der Waals surface area contributed by atoms with Gasteiger partial charge in [0.1, 0.15) is 34.9 Å². The van der Waals surface area contributed by atoms with Gasteiger partial charge < -0.3 is 43.7 Å². The molecule has 4 bridgehead atoms.